The molecule has 0 radical (unpaired) electrons. The Labute approximate surface area is 107 Å². The molecule has 0 bridgehead atoms. The number of rotatable bonds is 4. The molecule has 2 N–H and O–H groups in total. The third-order valence-corrected chi connectivity index (χ3v) is 2.87. The van der Waals surface area contributed by atoms with Gasteiger partial charge in [-0.1, -0.05) is 0 Å². The lowest BCUT2D eigenvalue weighted by molar-refractivity contribution is 0.415. The molecule has 1 unspecified atom stereocenters. The summed E-state index contributed by atoms with van der Waals surface area (Å²) < 4.78 is 5.23. The van der Waals surface area contributed by atoms with Gasteiger partial charge in [-0.25, -0.2) is 4.98 Å². The summed E-state index contributed by atoms with van der Waals surface area (Å²) in [4.78, 5) is 6.53. The SMILES string of the molecule is COc1ccc2c(N(C)CC(C)N)nccc2c1. The van der Waals surface area contributed by atoms with Crippen molar-refractivity contribution in [1.82, 2.24) is 4.98 Å². The number of nitrogens with zero attached hydrogens (tertiary/aromatic N) is 2. The smallest absolute Gasteiger partial charge is 0.136 e. The van der Waals surface area contributed by atoms with Gasteiger partial charge in [-0.05, 0) is 36.6 Å². The third kappa shape index (κ3) is 2.54. The van der Waals surface area contributed by atoms with E-state index in [1.54, 1.807) is 7.11 Å². The Hall–Kier alpha value is -1.81. The van der Waals surface area contributed by atoms with E-state index in [2.05, 4.69) is 9.88 Å². The van der Waals surface area contributed by atoms with Crippen molar-refractivity contribution in [3.8, 4) is 5.75 Å². The second-order valence-electron chi connectivity index (χ2n) is 4.58. The highest BCUT2D eigenvalue weighted by Gasteiger charge is 2.09. The minimum Gasteiger partial charge on any atom is -0.497 e. The second kappa shape index (κ2) is 5.23. The van der Waals surface area contributed by atoms with Crippen LogP contribution in [0, 0.1) is 0 Å². The molecule has 18 heavy (non-hydrogen) atoms. The first-order valence-electron chi connectivity index (χ1n) is 6.01. The summed E-state index contributed by atoms with van der Waals surface area (Å²) in [6.07, 6.45) is 1.81. The molecule has 2 rings (SSSR count). The predicted molar refractivity (Wildman–Crippen MR) is 75.2 cm³/mol. The number of pyridine rings is 1. The van der Waals surface area contributed by atoms with Gasteiger partial charge in [0.2, 0.25) is 0 Å². The highest BCUT2D eigenvalue weighted by atomic mass is 16.5. The maximum absolute atomic E-state index is 5.83. The fourth-order valence-electron chi connectivity index (χ4n) is 2.09. The highest BCUT2D eigenvalue weighted by molar-refractivity contribution is 5.92. The summed E-state index contributed by atoms with van der Waals surface area (Å²) in [5.41, 5.74) is 5.83. The molecule has 1 aromatic heterocycles. The molecule has 4 nitrogen and oxygen atoms in total. The quantitative estimate of drug-likeness (QED) is 0.895. The Balaban J connectivity index is 2.45. The average Bonchev–Trinajstić information content (AvgIpc) is 2.36. The molecule has 4 heteroatoms. The van der Waals surface area contributed by atoms with Gasteiger partial charge in [-0.3, -0.25) is 0 Å². The Kier molecular flexibility index (Phi) is 3.67. The number of fused-ring (bicyclic) bond motifs is 1. The van der Waals surface area contributed by atoms with Gasteiger partial charge in [0.1, 0.15) is 11.6 Å². The molecule has 0 amide bonds. The van der Waals surface area contributed by atoms with E-state index in [4.69, 9.17) is 10.5 Å². The van der Waals surface area contributed by atoms with Crippen molar-refractivity contribution < 1.29 is 4.74 Å². The minimum absolute atomic E-state index is 0.116. The molecule has 2 aromatic rings. The summed E-state index contributed by atoms with van der Waals surface area (Å²) >= 11 is 0. The molecular weight excluding hydrogens is 226 g/mol. The van der Waals surface area contributed by atoms with Crippen molar-refractivity contribution >= 4 is 16.6 Å². The van der Waals surface area contributed by atoms with Gasteiger partial charge in [0.05, 0.1) is 7.11 Å². The van der Waals surface area contributed by atoms with Crippen molar-refractivity contribution in [2.24, 2.45) is 5.73 Å². The van der Waals surface area contributed by atoms with E-state index in [-0.39, 0.29) is 6.04 Å². The van der Waals surface area contributed by atoms with Crippen molar-refractivity contribution in [2.45, 2.75) is 13.0 Å². The fraction of sp³-hybridized carbons (Fsp3) is 0.357. The zero-order valence-electron chi connectivity index (χ0n) is 11.1. The Bertz CT molecular complexity index is 540. The fourth-order valence-corrected chi connectivity index (χ4v) is 2.09. The maximum Gasteiger partial charge on any atom is 0.136 e. The lowest BCUT2D eigenvalue weighted by Gasteiger charge is -2.21. The summed E-state index contributed by atoms with van der Waals surface area (Å²) in [5.74, 6) is 1.81. The Morgan fingerprint density at radius 1 is 1.39 bits per heavy atom. The van der Waals surface area contributed by atoms with Gasteiger partial charge in [0.15, 0.2) is 0 Å². The van der Waals surface area contributed by atoms with Crippen LogP contribution in [0.3, 0.4) is 0 Å². The number of hydrogen-bond acceptors (Lipinski definition) is 4. The zero-order chi connectivity index (χ0) is 13.1. The molecule has 1 heterocycles. The molecule has 1 aromatic carbocycles. The number of likely N-dealkylation sites (N-methyl/N-ethyl adjacent to an activating group) is 1. The van der Waals surface area contributed by atoms with Crippen LogP contribution in [0.2, 0.25) is 0 Å². The van der Waals surface area contributed by atoms with Crippen LogP contribution in [0.15, 0.2) is 30.5 Å². The van der Waals surface area contributed by atoms with Crippen LogP contribution in [0.5, 0.6) is 5.75 Å². The summed E-state index contributed by atoms with van der Waals surface area (Å²) in [5, 5.41) is 2.23. The van der Waals surface area contributed by atoms with Crippen LogP contribution in [0.4, 0.5) is 5.82 Å². The van der Waals surface area contributed by atoms with Crippen LogP contribution >= 0.6 is 0 Å². The Morgan fingerprint density at radius 2 is 2.17 bits per heavy atom. The highest BCUT2D eigenvalue weighted by Crippen LogP contribution is 2.27. The molecule has 1 atom stereocenters. The molecule has 0 aliphatic rings. The molecule has 0 saturated heterocycles. The monoisotopic (exact) mass is 245 g/mol. The van der Waals surface area contributed by atoms with Crippen molar-refractivity contribution in [3.63, 3.8) is 0 Å². The minimum atomic E-state index is 0.116. The van der Waals surface area contributed by atoms with E-state index < -0.39 is 0 Å². The third-order valence-electron chi connectivity index (χ3n) is 2.87. The second-order valence-corrected chi connectivity index (χ2v) is 4.58. The molecule has 0 spiro atoms. The normalized spacial score (nSPS) is 12.4. The number of ether oxygens (including phenoxy) is 1. The number of methoxy groups -OCH3 is 1. The molecular formula is C14H19N3O. The predicted octanol–water partition coefficient (Wildman–Crippen LogP) is 2.03. The van der Waals surface area contributed by atoms with Gasteiger partial charge in [-0.2, -0.15) is 0 Å². The summed E-state index contributed by atoms with van der Waals surface area (Å²) in [7, 11) is 3.68. The van der Waals surface area contributed by atoms with Crippen molar-refractivity contribution in [3.05, 3.63) is 30.5 Å². The maximum atomic E-state index is 5.83. The van der Waals surface area contributed by atoms with Crippen LogP contribution in [-0.4, -0.2) is 31.7 Å². The van der Waals surface area contributed by atoms with E-state index in [1.165, 1.54) is 0 Å². The van der Waals surface area contributed by atoms with Gasteiger partial charge < -0.3 is 15.4 Å². The number of benzene rings is 1. The standard InChI is InChI=1S/C14H19N3O/c1-10(15)9-17(2)14-13-5-4-12(18-3)8-11(13)6-7-16-14/h4-8,10H,9,15H2,1-3H3. The van der Waals surface area contributed by atoms with E-state index in [9.17, 15) is 0 Å². The van der Waals surface area contributed by atoms with E-state index in [1.807, 2.05) is 44.4 Å². The van der Waals surface area contributed by atoms with Crippen LogP contribution in [0.1, 0.15) is 6.92 Å². The molecule has 0 saturated carbocycles. The Morgan fingerprint density at radius 3 is 2.83 bits per heavy atom. The zero-order valence-corrected chi connectivity index (χ0v) is 11.1. The molecule has 0 fully saturated rings. The van der Waals surface area contributed by atoms with Gasteiger partial charge >= 0.3 is 0 Å². The van der Waals surface area contributed by atoms with Gasteiger partial charge in [0, 0.05) is 31.2 Å². The first kappa shape index (κ1) is 12.6. The first-order valence-corrected chi connectivity index (χ1v) is 6.01. The lowest BCUT2D eigenvalue weighted by Crippen LogP contribution is -2.33. The van der Waals surface area contributed by atoms with Crippen molar-refractivity contribution in [1.29, 1.82) is 0 Å². The largest absolute Gasteiger partial charge is 0.497 e. The summed E-state index contributed by atoms with van der Waals surface area (Å²) in [6.45, 7) is 2.77. The van der Waals surface area contributed by atoms with Crippen molar-refractivity contribution in [2.75, 3.05) is 25.6 Å². The summed E-state index contributed by atoms with van der Waals surface area (Å²) in [6, 6.07) is 8.10. The number of anilines is 1. The van der Waals surface area contributed by atoms with E-state index in [0.717, 1.165) is 28.9 Å². The first-order chi connectivity index (χ1) is 8.61. The molecule has 0 aliphatic heterocycles. The van der Waals surface area contributed by atoms with Crippen LogP contribution in [-0.2, 0) is 0 Å². The average molecular weight is 245 g/mol. The molecule has 96 valence electrons. The number of aromatic nitrogens is 1. The van der Waals surface area contributed by atoms with Crippen LogP contribution < -0.4 is 15.4 Å². The number of nitrogens with two attached hydrogens (primary N) is 1. The lowest BCUT2D eigenvalue weighted by atomic mass is 10.1. The molecule has 0 aliphatic carbocycles. The van der Waals surface area contributed by atoms with Gasteiger partial charge in [0.25, 0.3) is 0 Å². The topological polar surface area (TPSA) is 51.4 Å². The van der Waals surface area contributed by atoms with Crippen LogP contribution in [0.25, 0.3) is 10.8 Å². The van der Waals surface area contributed by atoms with E-state index in [0.29, 0.717) is 0 Å². The van der Waals surface area contributed by atoms with Gasteiger partial charge in [-0.15, -0.1) is 0 Å². The number of hydrogen-bond donors (Lipinski definition) is 1. The van der Waals surface area contributed by atoms with E-state index >= 15 is 0 Å².